The molecule has 0 aliphatic rings. The van der Waals surface area contributed by atoms with Gasteiger partial charge in [-0.1, -0.05) is 257 Å². The molecule has 388 valence electrons. The Morgan fingerprint density at radius 1 is 0.456 bits per heavy atom. The summed E-state index contributed by atoms with van der Waals surface area (Å²) in [5.41, 5.74) is 18.7. The molecule has 0 unspecified atom stereocenters. The van der Waals surface area contributed by atoms with E-state index in [1.807, 2.05) is 0 Å². The van der Waals surface area contributed by atoms with E-state index in [-0.39, 0.29) is 16.5 Å². The summed E-state index contributed by atoms with van der Waals surface area (Å²) < 4.78 is 0. The fraction of sp³-hybridized carbons (Fsp3) is 0.692. The van der Waals surface area contributed by atoms with E-state index in [1.54, 1.807) is 0 Å². The molecule has 0 aliphatic heterocycles. The average Bonchev–Trinajstić information content (AvgIpc) is 3.35. The van der Waals surface area contributed by atoms with Crippen LogP contribution in [0.15, 0.2) is 59.7 Å². The van der Waals surface area contributed by atoms with Crippen molar-refractivity contribution in [1.82, 2.24) is 0 Å². The first-order valence-electron chi connectivity index (χ1n) is 28.9. The Kier molecular flexibility index (Phi) is 53.3. The van der Waals surface area contributed by atoms with Crippen molar-refractivity contribution in [2.75, 3.05) is 0 Å². The second-order valence-electron chi connectivity index (χ2n) is 19.3. The summed E-state index contributed by atoms with van der Waals surface area (Å²) in [4.78, 5) is 3.48. The normalized spacial score (nSPS) is 10.8. The Balaban J connectivity index is 0. The van der Waals surface area contributed by atoms with Crippen LogP contribution in [0.25, 0.3) is 11.1 Å². The Labute approximate surface area is 435 Å². The van der Waals surface area contributed by atoms with Crippen molar-refractivity contribution >= 4 is 11.4 Å². The minimum atomic E-state index is 0. The molecule has 0 fully saturated rings. The Morgan fingerprint density at radius 2 is 0.897 bits per heavy atom. The van der Waals surface area contributed by atoms with Crippen molar-refractivity contribution in [2.45, 2.75) is 292 Å². The number of unbranched alkanes of at least 4 members (excludes halogenated alkanes) is 28. The van der Waals surface area contributed by atoms with Gasteiger partial charge in [0.1, 0.15) is 0 Å². The largest absolute Gasteiger partial charge is 2.00 e. The molecular formula is C65H108N2Ni. The number of aryl methyl sites for hydroxylation is 2. The minimum Gasteiger partial charge on any atom is -0.348 e. The van der Waals surface area contributed by atoms with Crippen LogP contribution in [-0.2, 0) is 29.3 Å². The molecule has 0 heterocycles. The molecule has 0 N–H and O–H groups in total. The van der Waals surface area contributed by atoms with Gasteiger partial charge in [-0.05, 0) is 91.2 Å². The summed E-state index contributed by atoms with van der Waals surface area (Å²) in [6.07, 6.45) is 49.1. The number of benzene rings is 2. The minimum absolute atomic E-state index is 0. The van der Waals surface area contributed by atoms with Crippen molar-refractivity contribution in [3.05, 3.63) is 101 Å². The maximum absolute atomic E-state index is 9.75. The predicted molar refractivity (Wildman–Crippen MR) is 302 cm³/mol. The molecule has 0 aliphatic carbocycles. The average molecular weight is 976 g/mol. The van der Waals surface area contributed by atoms with Crippen LogP contribution < -0.4 is 0 Å². The zero-order valence-electron chi connectivity index (χ0n) is 45.8. The SMILES string of the molecule is CCCCCCCCCCCCCCCCCC#CCCCc1ccccc1C(=C(CCCC)C(=C=[N+]=[N-])CCCCC)c1ccc(CCCC)cc1.[CH2-]CCCCCC.[CH2-]CCCCCC.[Ni+2]. The van der Waals surface area contributed by atoms with E-state index in [4.69, 9.17) is 0 Å². The zero-order chi connectivity index (χ0) is 49.1. The molecule has 0 amide bonds. The van der Waals surface area contributed by atoms with Crippen LogP contribution in [0.1, 0.15) is 301 Å². The van der Waals surface area contributed by atoms with E-state index in [0.29, 0.717) is 0 Å². The molecule has 0 saturated carbocycles. The standard InChI is InChI=1S/C51H78N2.2C7H15.Ni/c1-5-9-13-14-15-16-17-18-19-20-21-22-23-24-25-26-27-28-29-31-35-46-36-32-33-39-49(46)51(47-42-40-45(41-43-47)34-11-7-3)50(38-12-8-4)48(44-53-52)37-30-10-6-2;2*1-3-5-7-6-4-2;/h32-33,36,39-43H,5-26,29-31,34-35,37-38H2,1-4H3;2*1,3-7H2,2H3;/q;2*-1;+2. The Morgan fingerprint density at radius 3 is 1.38 bits per heavy atom. The van der Waals surface area contributed by atoms with Crippen LogP contribution in [0.4, 0.5) is 0 Å². The first-order chi connectivity index (χ1) is 33.0. The van der Waals surface area contributed by atoms with E-state index in [9.17, 15) is 5.53 Å². The molecule has 0 spiro atoms. The second kappa shape index (κ2) is 53.7. The van der Waals surface area contributed by atoms with E-state index in [1.165, 1.54) is 194 Å². The summed E-state index contributed by atoms with van der Waals surface area (Å²) in [7, 11) is 0. The zero-order valence-corrected chi connectivity index (χ0v) is 46.8. The van der Waals surface area contributed by atoms with Crippen molar-refractivity contribution in [2.24, 2.45) is 0 Å². The monoisotopic (exact) mass is 975 g/mol. The molecule has 0 saturated heterocycles. The third kappa shape index (κ3) is 38.2. The first kappa shape index (κ1) is 67.5. The maximum atomic E-state index is 9.75. The smallest absolute Gasteiger partial charge is 0.348 e. The summed E-state index contributed by atoms with van der Waals surface area (Å²) in [6.45, 7) is 21.0. The van der Waals surface area contributed by atoms with E-state index in [0.717, 1.165) is 95.5 Å². The van der Waals surface area contributed by atoms with Crippen molar-refractivity contribution in [3.8, 4) is 11.8 Å². The molecule has 2 nitrogen and oxygen atoms in total. The predicted octanol–water partition coefficient (Wildman–Crippen LogP) is 21.6. The first-order valence-corrected chi connectivity index (χ1v) is 28.9. The van der Waals surface area contributed by atoms with Gasteiger partial charge in [0.25, 0.3) is 0 Å². The summed E-state index contributed by atoms with van der Waals surface area (Å²) in [5.74, 6) is 10.1. The quantitative estimate of drug-likeness (QED) is 0.00936. The molecule has 0 radical (unpaired) electrons. The molecule has 2 aromatic carbocycles. The van der Waals surface area contributed by atoms with Crippen molar-refractivity contribution in [1.29, 1.82) is 0 Å². The van der Waals surface area contributed by atoms with Crippen molar-refractivity contribution in [3.63, 3.8) is 0 Å². The molecule has 2 rings (SSSR count). The van der Waals surface area contributed by atoms with Crippen LogP contribution in [0, 0.1) is 25.7 Å². The number of rotatable bonds is 39. The van der Waals surface area contributed by atoms with Crippen LogP contribution in [0.2, 0.25) is 0 Å². The number of allylic oxidation sites excluding steroid dienone is 2. The van der Waals surface area contributed by atoms with Crippen LogP contribution in [0.3, 0.4) is 0 Å². The number of hydrogen-bond acceptors (Lipinski definition) is 0. The molecule has 0 bridgehead atoms. The van der Waals surface area contributed by atoms with Gasteiger partial charge in [-0.25, -0.2) is 0 Å². The van der Waals surface area contributed by atoms with Gasteiger partial charge in [-0.3, -0.25) is 0 Å². The van der Waals surface area contributed by atoms with Gasteiger partial charge in [0.15, 0.2) is 0 Å². The fourth-order valence-electron chi connectivity index (χ4n) is 8.70. The van der Waals surface area contributed by atoms with Gasteiger partial charge < -0.3 is 19.4 Å². The molecular weight excluding hydrogens is 867 g/mol. The molecule has 0 aromatic heterocycles. The molecule has 0 atom stereocenters. The number of nitrogens with zero attached hydrogens (tertiary/aromatic N) is 2. The molecule has 2 aromatic rings. The fourth-order valence-corrected chi connectivity index (χ4v) is 8.70. The second-order valence-corrected chi connectivity index (χ2v) is 19.3. The van der Waals surface area contributed by atoms with Gasteiger partial charge in [-0.15, -0.1) is 16.6 Å². The van der Waals surface area contributed by atoms with Crippen LogP contribution in [0.5, 0.6) is 0 Å². The van der Waals surface area contributed by atoms with E-state index >= 15 is 0 Å². The maximum Gasteiger partial charge on any atom is 2.00 e. The Hall–Kier alpha value is -2.61. The summed E-state index contributed by atoms with van der Waals surface area (Å²) in [6, 6.07) is 18.3. The Bertz CT molecular complexity index is 1540. The summed E-state index contributed by atoms with van der Waals surface area (Å²) >= 11 is 0. The summed E-state index contributed by atoms with van der Waals surface area (Å²) in [5, 5.41) is 0. The third-order valence-corrected chi connectivity index (χ3v) is 13.0. The van der Waals surface area contributed by atoms with Gasteiger partial charge in [-0.2, -0.15) is 12.8 Å². The van der Waals surface area contributed by atoms with Crippen LogP contribution in [-0.4, -0.2) is 10.7 Å². The van der Waals surface area contributed by atoms with Gasteiger partial charge in [0.05, 0.1) is 5.57 Å². The third-order valence-electron chi connectivity index (χ3n) is 13.0. The molecule has 3 heteroatoms. The molecule has 68 heavy (non-hydrogen) atoms. The van der Waals surface area contributed by atoms with Crippen molar-refractivity contribution < 1.29 is 21.3 Å². The van der Waals surface area contributed by atoms with E-state index < -0.39 is 0 Å². The van der Waals surface area contributed by atoms with Gasteiger partial charge in [0.2, 0.25) is 0 Å². The van der Waals surface area contributed by atoms with Crippen LogP contribution >= 0.6 is 0 Å². The number of hydrogen-bond donors (Lipinski definition) is 0. The van der Waals surface area contributed by atoms with Gasteiger partial charge >= 0.3 is 22.4 Å². The van der Waals surface area contributed by atoms with Gasteiger partial charge in [0, 0.05) is 12.8 Å². The van der Waals surface area contributed by atoms with E-state index in [2.05, 4.69) is 126 Å². The topological polar surface area (TPSA) is 36.4 Å².